The summed E-state index contributed by atoms with van der Waals surface area (Å²) < 4.78 is 0. The van der Waals surface area contributed by atoms with Gasteiger partial charge in [-0.2, -0.15) is 0 Å². The highest BCUT2D eigenvalue weighted by Gasteiger charge is 2.09. The molecule has 1 N–H and O–H groups in total. The van der Waals surface area contributed by atoms with Gasteiger partial charge in [-0.1, -0.05) is 64.1 Å². The zero-order valence-corrected chi connectivity index (χ0v) is 13.7. The van der Waals surface area contributed by atoms with Gasteiger partial charge in [-0.3, -0.25) is 0 Å². The molecule has 0 saturated carbocycles. The topological polar surface area (TPSA) is 12.0 Å². The molecule has 0 heterocycles. The SMILES string of the molecule is CCc1ccc(C(CC)Nc2ccc(C(C)C)cc2)cc1. The standard InChI is InChI=1S/C20H27N/c1-5-16-7-9-18(10-8-16)20(6-2)21-19-13-11-17(12-14-19)15(3)4/h7-15,20-21H,5-6H2,1-4H3. The largest absolute Gasteiger partial charge is 0.378 e. The third-order valence-electron chi connectivity index (χ3n) is 4.12. The lowest BCUT2D eigenvalue weighted by Crippen LogP contribution is -2.09. The van der Waals surface area contributed by atoms with Crippen molar-refractivity contribution in [1.29, 1.82) is 0 Å². The van der Waals surface area contributed by atoms with Gasteiger partial charge >= 0.3 is 0 Å². The van der Waals surface area contributed by atoms with Crippen molar-refractivity contribution in [2.45, 2.75) is 52.5 Å². The summed E-state index contributed by atoms with van der Waals surface area (Å²) in [6.07, 6.45) is 2.18. The van der Waals surface area contributed by atoms with Gasteiger partial charge in [-0.25, -0.2) is 0 Å². The van der Waals surface area contributed by atoms with Crippen molar-refractivity contribution in [2.24, 2.45) is 0 Å². The molecule has 112 valence electrons. The molecular weight excluding hydrogens is 254 g/mol. The van der Waals surface area contributed by atoms with Crippen LogP contribution in [0.25, 0.3) is 0 Å². The predicted molar refractivity (Wildman–Crippen MR) is 93.0 cm³/mol. The Labute approximate surface area is 129 Å². The molecule has 0 amide bonds. The van der Waals surface area contributed by atoms with Crippen LogP contribution in [-0.4, -0.2) is 0 Å². The summed E-state index contributed by atoms with van der Waals surface area (Å²) in [5, 5.41) is 3.65. The number of anilines is 1. The van der Waals surface area contributed by atoms with Gasteiger partial charge in [-0.15, -0.1) is 0 Å². The highest BCUT2D eigenvalue weighted by molar-refractivity contribution is 5.47. The van der Waals surface area contributed by atoms with Crippen LogP contribution in [0, 0.1) is 0 Å². The molecule has 0 saturated heterocycles. The zero-order valence-electron chi connectivity index (χ0n) is 13.7. The molecular formula is C20H27N. The second-order valence-corrected chi connectivity index (χ2v) is 5.98. The molecule has 0 bridgehead atoms. The quantitative estimate of drug-likeness (QED) is 0.691. The van der Waals surface area contributed by atoms with Gasteiger partial charge in [0.1, 0.15) is 0 Å². The molecule has 0 aliphatic rings. The maximum Gasteiger partial charge on any atom is 0.0511 e. The number of aryl methyl sites for hydroxylation is 1. The summed E-state index contributed by atoms with van der Waals surface area (Å²) in [4.78, 5) is 0. The van der Waals surface area contributed by atoms with Gasteiger partial charge in [0.2, 0.25) is 0 Å². The van der Waals surface area contributed by atoms with Gasteiger partial charge < -0.3 is 5.32 Å². The number of hydrogen-bond acceptors (Lipinski definition) is 1. The average Bonchev–Trinajstić information content (AvgIpc) is 2.53. The van der Waals surface area contributed by atoms with Gasteiger partial charge in [0, 0.05) is 5.69 Å². The summed E-state index contributed by atoms with van der Waals surface area (Å²) in [7, 11) is 0. The lowest BCUT2D eigenvalue weighted by atomic mass is 10.0. The Morgan fingerprint density at radius 3 is 1.86 bits per heavy atom. The Bertz CT molecular complexity index is 537. The van der Waals surface area contributed by atoms with E-state index in [4.69, 9.17) is 0 Å². The summed E-state index contributed by atoms with van der Waals surface area (Å²) >= 11 is 0. The maximum atomic E-state index is 3.65. The van der Waals surface area contributed by atoms with Crippen LogP contribution >= 0.6 is 0 Å². The van der Waals surface area contributed by atoms with Gasteiger partial charge in [-0.05, 0) is 47.6 Å². The Hall–Kier alpha value is -1.76. The van der Waals surface area contributed by atoms with E-state index in [9.17, 15) is 0 Å². The van der Waals surface area contributed by atoms with E-state index >= 15 is 0 Å². The van der Waals surface area contributed by atoms with Crippen LogP contribution in [0.1, 0.15) is 62.8 Å². The Balaban J connectivity index is 2.10. The molecule has 0 radical (unpaired) electrons. The predicted octanol–water partition coefficient (Wildman–Crippen LogP) is 5.94. The lowest BCUT2D eigenvalue weighted by Gasteiger charge is -2.19. The number of hydrogen-bond donors (Lipinski definition) is 1. The highest BCUT2D eigenvalue weighted by atomic mass is 14.9. The van der Waals surface area contributed by atoms with E-state index in [1.165, 1.54) is 22.4 Å². The zero-order chi connectivity index (χ0) is 15.2. The van der Waals surface area contributed by atoms with E-state index in [2.05, 4.69) is 81.5 Å². The van der Waals surface area contributed by atoms with Crippen LogP contribution in [0.5, 0.6) is 0 Å². The second kappa shape index (κ2) is 7.31. The summed E-state index contributed by atoms with van der Waals surface area (Å²) in [5.41, 5.74) is 5.35. The van der Waals surface area contributed by atoms with Gasteiger partial charge in [0.05, 0.1) is 6.04 Å². The Morgan fingerprint density at radius 2 is 1.38 bits per heavy atom. The molecule has 0 aromatic heterocycles. The molecule has 2 aromatic rings. The van der Waals surface area contributed by atoms with Crippen LogP contribution in [0.4, 0.5) is 5.69 Å². The third-order valence-corrected chi connectivity index (χ3v) is 4.12. The minimum Gasteiger partial charge on any atom is -0.378 e. The van der Waals surface area contributed by atoms with Gasteiger partial charge in [0.25, 0.3) is 0 Å². The fourth-order valence-electron chi connectivity index (χ4n) is 2.57. The van der Waals surface area contributed by atoms with Crippen molar-refractivity contribution in [3.8, 4) is 0 Å². The Kier molecular flexibility index (Phi) is 5.44. The van der Waals surface area contributed by atoms with Crippen molar-refractivity contribution in [3.63, 3.8) is 0 Å². The fraction of sp³-hybridized carbons (Fsp3) is 0.400. The molecule has 1 atom stereocenters. The van der Waals surface area contributed by atoms with E-state index in [0.717, 1.165) is 12.8 Å². The van der Waals surface area contributed by atoms with Crippen LogP contribution < -0.4 is 5.32 Å². The van der Waals surface area contributed by atoms with E-state index < -0.39 is 0 Å². The molecule has 0 aliphatic carbocycles. The number of rotatable bonds is 6. The molecule has 1 nitrogen and oxygen atoms in total. The normalized spacial score (nSPS) is 12.4. The molecule has 0 spiro atoms. The maximum absolute atomic E-state index is 3.65. The molecule has 0 aliphatic heterocycles. The van der Waals surface area contributed by atoms with Crippen LogP contribution in [-0.2, 0) is 6.42 Å². The van der Waals surface area contributed by atoms with Crippen LogP contribution in [0.3, 0.4) is 0 Å². The molecule has 1 unspecified atom stereocenters. The molecule has 2 rings (SSSR count). The van der Waals surface area contributed by atoms with E-state index in [-0.39, 0.29) is 0 Å². The average molecular weight is 281 g/mol. The fourth-order valence-corrected chi connectivity index (χ4v) is 2.57. The molecule has 2 aromatic carbocycles. The monoisotopic (exact) mass is 281 g/mol. The lowest BCUT2D eigenvalue weighted by molar-refractivity contribution is 0.748. The summed E-state index contributed by atoms with van der Waals surface area (Å²) in [5.74, 6) is 0.586. The summed E-state index contributed by atoms with van der Waals surface area (Å²) in [6.45, 7) is 8.88. The molecule has 1 heteroatoms. The second-order valence-electron chi connectivity index (χ2n) is 5.98. The molecule has 0 fully saturated rings. The van der Waals surface area contributed by atoms with Crippen molar-refractivity contribution >= 4 is 5.69 Å². The molecule has 21 heavy (non-hydrogen) atoms. The van der Waals surface area contributed by atoms with Gasteiger partial charge in [0.15, 0.2) is 0 Å². The third kappa shape index (κ3) is 4.10. The van der Waals surface area contributed by atoms with Crippen molar-refractivity contribution in [3.05, 3.63) is 65.2 Å². The van der Waals surface area contributed by atoms with Crippen LogP contribution in [0.15, 0.2) is 48.5 Å². The highest BCUT2D eigenvalue weighted by Crippen LogP contribution is 2.24. The minimum absolute atomic E-state index is 0.376. The number of benzene rings is 2. The van der Waals surface area contributed by atoms with E-state index in [0.29, 0.717) is 12.0 Å². The van der Waals surface area contributed by atoms with E-state index in [1.807, 2.05) is 0 Å². The van der Waals surface area contributed by atoms with E-state index in [1.54, 1.807) is 0 Å². The number of nitrogens with one attached hydrogen (secondary N) is 1. The first-order valence-corrected chi connectivity index (χ1v) is 8.09. The summed E-state index contributed by atoms with van der Waals surface area (Å²) in [6, 6.07) is 18.2. The first-order valence-electron chi connectivity index (χ1n) is 8.09. The van der Waals surface area contributed by atoms with Crippen molar-refractivity contribution in [2.75, 3.05) is 5.32 Å². The van der Waals surface area contributed by atoms with Crippen LogP contribution in [0.2, 0.25) is 0 Å². The first kappa shape index (κ1) is 15.6. The van der Waals surface area contributed by atoms with Crippen molar-refractivity contribution < 1.29 is 0 Å². The Morgan fingerprint density at radius 1 is 0.810 bits per heavy atom. The smallest absolute Gasteiger partial charge is 0.0511 e. The van der Waals surface area contributed by atoms with Crippen molar-refractivity contribution in [1.82, 2.24) is 0 Å². The first-order chi connectivity index (χ1) is 10.1. The minimum atomic E-state index is 0.376.